The zero-order valence-corrected chi connectivity index (χ0v) is 16.4. The molecule has 1 fully saturated rings. The van der Waals surface area contributed by atoms with Crippen molar-refractivity contribution >= 4 is 23.1 Å². The molecule has 3 aromatic rings. The third kappa shape index (κ3) is 3.81. The van der Waals surface area contributed by atoms with Crippen LogP contribution >= 0.6 is 0 Å². The van der Waals surface area contributed by atoms with Crippen LogP contribution in [-0.4, -0.2) is 46.5 Å². The first-order chi connectivity index (χ1) is 14.3. The number of phenolic OH excluding ortho intramolecular Hbond substituents is 2. The molecule has 2 unspecified atom stereocenters. The van der Waals surface area contributed by atoms with Gasteiger partial charge in [0.15, 0.2) is 5.43 Å². The lowest BCUT2D eigenvalue weighted by Gasteiger charge is -2.34. The van der Waals surface area contributed by atoms with E-state index < -0.39 is 17.5 Å². The second-order valence-corrected chi connectivity index (χ2v) is 7.66. The number of halogens is 1. The van der Waals surface area contributed by atoms with Crippen LogP contribution in [0.2, 0.25) is 0 Å². The van der Waals surface area contributed by atoms with Gasteiger partial charge in [-0.3, -0.25) is 4.79 Å². The highest BCUT2D eigenvalue weighted by atomic mass is 19.1. The molecule has 0 amide bonds. The van der Waals surface area contributed by atoms with Crippen LogP contribution in [0.4, 0.5) is 4.39 Å². The number of rotatable bonds is 3. The van der Waals surface area contributed by atoms with Crippen LogP contribution < -0.4 is 5.43 Å². The molecular weight excluding hydrogens is 389 g/mol. The number of likely N-dealkylation sites (N-methyl/N-ethyl adjacent to an activating group) is 1. The number of likely N-dealkylation sites (tertiary alicyclic amines) is 1. The minimum atomic E-state index is -0.765. The molecule has 0 radical (unpaired) electrons. The second-order valence-electron chi connectivity index (χ2n) is 7.66. The third-order valence-electron chi connectivity index (χ3n) is 5.46. The van der Waals surface area contributed by atoms with Gasteiger partial charge >= 0.3 is 0 Å². The van der Waals surface area contributed by atoms with Crippen molar-refractivity contribution in [2.24, 2.45) is 0 Å². The van der Waals surface area contributed by atoms with E-state index in [1.807, 2.05) is 11.9 Å². The molecule has 2 atom stereocenters. The Kier molecular flexibility index (Phi) is 5.32. The average molecular weight is 411 g/mol. The number of hydrogen-bond donors (Lipinski definition) is 3. The lowest BCUT2D eigenvalue weighted by atomic mass is 9.85. The van der Waals surface area contributed by atoms with Crippen molar-refractivity contribution in [2.45, 2.75) is 18.4 Å². The lowest BCUT2D eigenvalue weighted by molar-refractivity contribution is 0.0630. The molecule has 4 rings (SSSR count). The number of aliphatic hydroxyl groups is 1. The highest BCUT2D eigenvalue weighted by molar-refractivity contribution is 5.89. The maximum Gasteiger partial charge on any atom is 0.197 e. The number of fused-ring (bicyclic) bond motifs is 1. The van der Waals surface area contributed by atoms with Gasteiger partial charge in [-0.1, -0.05) is 18.2 Å². The first kappa shape index (κ1) is 20.1. The van der Waals surface area contributed by atoms with Gasteiger partial charge in [-0.15, -0.1) is 0 Å². The molecule has 2 heterocycles. The summed E-state index contributed by atoms with van der Waals surface area (Å²) in [4.78, 5) is 14.7. The molecule has 7 heteroatoms. The number of aromatic hydroxyl groups is 2. The van der Waals surface area contributed by atoms with Crippen LogP contribution in [0.5, 0.6) is 11.5 Å². The SMILES string of the molecule is CN1CCC(c2c(O)cc(O)c3c(=O)cc(/C=C/c4cccc(F)c4)oc23)C(O)C1. The maximum absolute atomic E-state index is 13.4. The summed E-state index contributed by atoms with van der Waals surface area (Å²) < 4.78 is 19.3. The minimum Gasteiger partial charge on any atom is -0.507 e. The number of aliphatic hydroxyl groups excluding tert-OH is 1. The first-order valence-electron chi connectivity index (χ1n) is 9.66. The molecule has 1 saturated heterocycles. The Labute approximate surface area is 172 Å². The van der Waals surface area contributed by atoms with Crippen molar-refractivity contribution in [3.8, 4) is 11.5 Å². The Balaban J connectivity index is 1.85. The molecule has 0 spiro atoms. The topological polar surface area (TPSA) is 94.1 Å². The van der Waals surface area contributed by atoms with Crippen LogP contribution in [0.15, 0.2) is 45.6 Å². The summed E-state index contributed by atoms with van der Waals surface area (Å²) in [5.41, 5.74) is 0.466. The van der Waals surface area contributed by atoms with Gasteiger partial charge in [0.1, 0.15) is 34.0 Å². The summed E-state index contributed by atoms with van der Waals surface area (Å²) in [6.07, 6.45) is 2.91. The Morgan fingerprint density at radius 2 is 1.97 bits per heavy atom. The van der Waals surface area contributed by atoms with Crippen molar-refractivity contribution in [1.82, 2.24) is 4.90 Å². The average Bonchev–Trinajstić information content (AvgIpc) is 2.67. The van der Waals surface area contributed by atoms with Crippen molar-refractivity contribution in [3.63, 3.8) is 0 Å². The summed E-state index contributed by atoms with van der Waals surface area (Å²) in [7, 11) is 1.89. The Morgan fingerprint density at radius 3 is 2.70 bits per heavy atom. The Morgan fingerprint density at radius 1 is 1.17 bits per heavy atom. The van der Waals surface area contributed by atoms with E-state index in [1.165, 1.54) is 24.3 Å². The number of piperidine rings is 1. The van der Waals surface area contributed by atoms with Gasteiger partial charge in [0, 0.05) is 30.2 Å². The second kappa shape index (κ2) is 7.93. The van der Waals surface area contributed by atoms with E-state index in [0.717, 1.165) is 6.07 Å². The van der Waals surface area contributed by atoms with Crippen LogP contribution in [0, 0.1) is 5.82 Å². The summed E-state index contributed by atoms with van der Waals surface area (Å²) in [6, 6.07) is 8.29. The highest BCUT2D eigenvalue weighted by Crippen LogP contribution is 2.41. The van der Waals surface area contributed by atoms with E-state index in [0.29, 0.717) is 30.6 Å². The lowest BCUT2D eigenvalue weighted by Crippen LogP contribution is -2.40. The molecule has 2 aromatic carbocycles. The third-order valence-corrected chi connectivity index (χ3v) is 5.46. The molecule has 1 aliphatic rings. The fourth-order valence-corrected chi connectivity index (χ4v) is 4.00. The zero-order valence-electron chi connectivity index (χ0n) is 16.4. The Bertz CT molecular complexity index is 1190. The van der Waals surface area contributed by atoms with Gasteiger partial charge in [-0.05, 0) is 43.8 Å². The van der Waals surface area contributed by atoms with E-state index in [9.17, 15) is 24.5 Å². The number of β-amino-alcohol motifs (C(OH)–C–C–N with tert-alkyl or cyclic N) is 1. The summed E-state index contributed by atoms with van der Waals surface area (Å²) in [5, 5.41) is 31.3. The van der Waals surface area contributed by atoms with Gasteiger partial charge in [0.2, 0.25) is 0 Å². The van der Waals surface area contributed by atoms with Gasteiger partial charge < -0.3 is 24.6 Å². The zero-order chi connectivity index (χ0) is 21.4. The van der Waals surface area contributed by atoms with E-state index in [4.69, 9.17) is 4.42 Å². The summed E-state index contributed by atoms with van der Waals surface area (Å²) in [6.45, 7) is 1.11. The Hall–Kier alpha value is -3.16. The van der Waals surface area contributed by atoms with E-state index in [1.54, 1.807) is 18.2 Å². The predicted octanol–water partition coefficient (Wildman–Crippen LogP) is 3.29. The molecule has 0 aliphatic carbocycles. The summed E-state index contributed by atoms with van der Waals surface area (Å²) in [5.74, 6) is -1.27. The van der Waals surface area contributed by atoms with Crippen LogP contribution in [-0.2, 0) is 0 Å². The van der Waals surface area contributed by atoms with Gasteiger partial charge in [-0.25, -0.2) is 4.39 Å². The summed E-state index contributed by atoms with van der Waals surface area (Å²) >= 11 is 0. The molecule has 0 bridgehead atoms. The molecule has 3 N–H and O–H groups in total. The van der Waals surface area contributed by atoms with E-state index >= 15 is 0 Å². The van der Waals surface area contributed by atoms with Crippen molar-refractivity contribution in [2.75, 3.05) is 20.1 Å². The number of nitrogens with zero attached hydrogens (tertiary/aromatic N) is 1. The highest BCUT2D eigenvalue weighted by Gasteiger charge is 2.32. The number of phenols is 2. The van der Waals surface area contributed by atoms with E-state index in [-0.39, 0.29) is 34.0 Å². The van der Waals surface area contributed by atoms with Gasteiger partial charge in [0.25, 0.3) is 0 Å². The molecule has 156 valence electrons. The molecular formula is C23H22FNO5. The quantitative estimate of drug-likeness (QED) is 0.612. The van der Waals surface area contributed by atoms with Gasteiger partial charge in [-0.2, -0.15) is 0 Å². The molecule has 0 saturated carbocycles. The largest absolute Gasteiger partial charge is 0.507 e. The first-order valence-corrected chi connectivity index (χ1v) is 9.66. The molecule has 1 aliphatic heterocycles. The normalized spacial score (nSPS) is 20.2. The van der Waals surface area contributed by atoms with Crippen LogP contribution in [0.25, 0.3) is 23.1 Å². The molecule has 1 aromatic heterocycles. The standard InChI is InChI=1S/C23H22FNO5/c1-25-8-7-16(20(29)12-25)21-18(27)11-19(28)22-17(26)10-15(30-23(21)22)6-5-13-3-2-4-14(24)9-13/h2-6,9-11,16,20,27-29H,7-8,12H2,1H3/b6-5+. The van der Waals surface area contributed by atoms with Crippen molar-refractivity contribution in [3.05, 3.63) is 69.3 Å². The predicted molar refractivity (Wildman–Crippen MR) is 112 cm³/mol. The van der Waals surface area contributed by atoms with Crippen molar-refractivity contribution < 1.29 is 24.1 Å². The minimum absolute atomic E-state index is 0.0446. The number of benzene rings is 2. The van der Waals surface area contributed by atoms with Crippen molar-refractivity contribution in [1.29, 1.82) is 0 Å². The number of hydrogen-bond acceptors (Lipinski definition) is 6. The monoisotopic (exact) mass is 411 g/mol. The smallest absolute Gasteiger partial charge is 0.197 e. The van der Waals surface area contributed by atoms with Crippen LogP contribution in [0.1, 0.15) is 29.2 Å². The van der Waals surface area contributed by atoms with E-state index in [2.05, 4.69) is 0 Å². The van der Waals surface area contributed by atoms with Crippen LogP contribution in [0.3, 0.4) is 0 Å². The molecule has 30 heavy (non-hydrogen) atoms. The fraction of sp³-hybridized carbons (Fsp3) is 0.261. The maximum atomic E-state index is 13.4. The van der Waals surface area contributed by atoms with Gasteiger partial charge in [0.05, 0.1) is 6.10 Å². The molecule has 6 nitrogen and oxygen atoms in total. The fourth-order valence-electron chi connectivity index (χ4n) is 4.00.